The van der Waals surface area contributed by atoms with Gasteiger partial charge in [0.15, 0.2) is 0 Å². The zero-order chi connectivity index (χ0) is 15.1. The molecule has 5 heteroatoms. The number of rotatable bonds is 3. The first-order valence-corrected chi connectivity index (χ1v) is 7.37. The first-order valence-electron chi connectivity index (χ1n) is 7.37. The lowest BCUT2D eigenvalue weighted by Gasteiger charge is -2.27. The third kappa shape index (κ3) is 2.37. The monoisotopic (exact) mass is 288 g/mol. The molecule has 2 aliphatic rings. The molecule has 3 unspecified atom stereocenters. The summed E-state index contributed by atoms with van der Waals surface area (Å²) in [5, 5.41) is 8.96. The normalized spacial score (nSPS) is 26.8. The molecule has 3 atom stereocenters. The van der Waals surface area contributed by atoms with Gasteiger partial charge in [-0.15, -0.1) is 0 Å². The number of amides is 1. The number of nitrogen functional groups attached to an aromatic ring is 1. The highest BCUT2D eigenvalue weighted by molar-refractivity contribution is 5.99. The lowest BCUT2D eigenvalue weighted by atomic mass is 9.87. The Labute approximate surface area is 123 Å². The maximum absolute atomic E-state index is 12.7. The number of carboxylic acids is 1. The van der Waals surface area contributed by atoms with E-state index in [1.165, 1.54) is 25.0 Å². The van der Waals surface area contributed by atoms with Crippen LogP contribution in [0, 0.1) is 17.8 Å². The molecule has 0 spiro atoms. The van der Waals surface area contributed by atoms with Crippen molar-refractivity contribution in [3.63, 3.8) is 0 Å². The molecule has 0 aliphatic heterocycles. The number of carboxylic acid groups (broad SMARTS) is 1. The number of benzene rings is 1. The predicted octanol–water partition coefficient (Wildman–Crippen LogP) is 2.37. The van der Waals surface area contributed by atoms with Crippen LogP contribution in [0.25, 0.3) is 0 Å². The van der Waals surface area contributed by atoms with E-state index in [9.17, 15) is 9.59 Å². The Bertz CT molecular complexity index is 599. The molecule has 0 radical (unpaired) electrons. The molecule has 2 saturated carbocycles. The summed E-state index contributed by atoms with van der Waals surface area (Å²) in [7, 11) is 1.72. The number of fused-ring (bicyclic) bond motifs is 2. The molecule has 1 aromatic carbocycles. The van der Waals surface area contributed by atoms with E-state index in [-0.39, 0.29) is 17.4 Å². The van der Waals surface area contributed by atoms with Gasteiger partial charge in [0, 0.05) is 13.0 Å². The third-order valence-corrected chi connectivity index (χ3v) is 5.02. The van der Waals surface area contributed by atoms with Crippen LogP contribution in [-0.2, 0) is 4.79 Å². The van der Waals surface area contributed by atoms with E-state index in [2.05, 4.69) is 0 Å². The highest BCUT2D eigenvalue weighted by atomic mass is 16.4. The van der Waals surface area contributed by atoms with Gasteiger partial charge < -0.3 is 15.7 Å². The molecular weight excluding hydrogens is 268 g/mol. The molecule has 21 heavy (non-hydrogen) atoms. The lowest BCUT2D eigenvalue weighted by Crippen LogP contribution is -2.35. The Morgan fingerprint density at radius 2 is 2.05 bits per heavy atom. The molecule has 0 aromatic heterocycles. The smallest absolute Gasteiger partial charge is 0.335 e. The Balaban J connectivity index is 1.80. The molecule has 1 amide bonds. The first-order chi connectivity index (χ1) is 9.97. The topological polar surface area (TPSA) is 83.6 Å². The van der Waals surface area contributed by atoms with Crippen molar-refractivity contribution in [2.24, 2.45) is 17.8 Å². The molecule has 5 nitrogen and oxygen atoms in total. The standard InChI is InChI=1S/C16H20N2O3/c1-18(14-5-4-11(16(20)21)8-13(14)17)15(19)12-7-9-2-3-10(12)6-9/h4-5,8-10,12H,2-3,6-7,17H2,1H3,(H,20,21). The second kappa shape index (κ2) is 5.06. The Morgan fingerprint density at radius 1 is 1.29 bits per heavy atom. The third-order valence-electron chi connectivity index (χ3n) is 5.02. The quantitative estimate of drug-likeness (QED) is 0.836. The summed E-state index contributed by atoms with van der Waals surface area (Å²) in [6.07, 6.45) is 4.58. The molecular formula is C16H20N2O3. The van der Waals surface area contributed by atoms with Crippen molar-refractivity contribution >= 4 is 23.3 Å². The van der Waals surface area contributed by atoms with Gasteiger partial charge in [-0.25, -0.2) is 4.79 Å². The molecule has 0 saturated heterocycles. The largest absolute Gasteiger partial charge is 0.478 e. The van der Waals surface area contributed by atoms with Gasteiger partial charge in [0.1, 0.15) is 0 Å². The van der Waals surface area contributed by atoms with Crippen LogP contribution in [0.1, 0.15) is 36.0 Å². The van der Waals surface area contributed by atoms with Crippen molar-refractivity contribution in [1.29, 1.82) is 0 Å². The van der Waals surface area contributed by atoms with E-state index >= 15 is 0 Å². The number of anilines is 2. The molecule has 112 valence electrons. The fourth-order valence-corrected chi connectivity index (χ4v) is 3.91. The minimum absolute atomic E-state index is 0.104. The SMILES string of the molecule is CN(C(=O)C1CC2CCC1C2)c1ccc(C(=O)O)cc1N. The average molecular weight is 288 g/mol. The van der Waals surface area contributed by atoms with Gasteiger partial charge in [-0.05, 0) is 49.3 Å². The van der Waals surface area contributed by atoms with Gasteiger partial charge in [-0.3, -0.25) is 4.79 Å². The summed E-state index contributed by atoms with van der Waals surface area (Å²) in [5.41, 5.74) is 6.97. The number of carbonyl (C=O) groups excluding carboxylic acids is 1. The fraction of sp³-hybridized carbons (Fsp3) is 0.500. The number of hydrogen-bond donors (Lipinski definition) is 2. The second-order valence-corrected chi connectivity index (χ2v) is 6.26. The van der Waals surface area contributed by atoms with Gasteiger partial charge in [0.25, 0.3) is 0 Å². The number of nitrogens with zero attached hydrogens (tertiary/aromatic N) is 1. The highest BCUT2D eigenvalue weighted by Crippen LogP contribution is 2.49. The van der Waals surface area contributed by atoms with Crippen molar-refractivity contribution in [2.45, 2.75) is 25.7 Å². The zero-order valence-electron chi connectivity index (χ0n) is 12.1. The Hall–Kier alpha value is -2.04. The van der Waals surface area contributed by atoms with Crippen molar-refractivity contribution in [2.75, 3.05) is 17.7 Å². The van der Waals surface area contributed by atoms with Crippen LogP contribution >= 0.6 is 0 Å². The van der Waals surface area contributed by atoms with Gasteiger partial charge in [-0.2, -0.15) is 0 Å². The van der Waals surface area contributed by atoms with Crippen LogP contribution in [0.15, 0.2) is 18.2 Å². The average Bonchev–Trinajstić information content (AvgIpc) is 3.08. The number of carbonyl (C=O) groups is 2. The Morgan fingerprint density at radius 3 is 2.57 bits per heavy atom. The predicted molar refractivity (Wildman–Crippen MR) is 80.2 cm³/mol. The van der Waals surface area contributed by atoms with Gasteiger partial charge in [0.2, 0.25) is 5.91 Å². The van der Waals surface area contributed by atoms with E-state index in [4.69, 9.17) is 10.8 Å². The van der Waals surface area contributed by atoms with Gasteiger partial charge >= 0.3 is 5.97 Å². The minimum atomic E-state index is -1.02. The number of nitrogens with two attached hydrogens (primary N) is 1. The molecule has 3 rings (SSSR count). The van der Waals surface area contributed by atoms with Gasteiger partial charge in [-0.1, -0.05) is 6.42 Å². The summed E-state index contributed by atoms with van der Waals surface area (Å²) in [4.78, 5) is 25.2. The van der Waals surface area contributed by atoms with Crippen LogP contribution in [0.5, 0.6) is 0 Å². The lowest BCUT2D eigenvalue weighted by molar-refractivity contribution is -0.123. The summed E-state index contributed by atoms with van der Waals surface area (Å²) in [6.45, 7) is 0. The summed E-state index contributed by atoms with van der Waals surface area (Å²) < 4.78 is 0. The van der Waals surface area contributed by atoms with E-state index in [0.717, 1.165) is 12.8 Å². The van der Waals surface area contributed by atoms with Crippen LogP contribution in [0.3, 0.4) is 0 Å². The number of hydrogen-bond acceptors (Lipinski definition) is 3. The zero-order valence-corrected chi connectivity index (χ0v) is 12.1. The van der Waals surface area contributed by atoms with Crippen LogP contribution in [0.4, 0.5) is 11.4 Å². The van der Waals surface area contributed by atoms with Crippen LogP contribution in [-0.4, -0.2) is 24.0 Å². The molecule has 2 bridgehead atoms. The van der Waals surface area contributed by atoms with Crippen molar-refractivity contribution in [3.8, 4) is 0 Å². The fourth-order valence-electron chi connectivity index (χ4n) is 3.91. The van der Waals surface area contributed by atoms with E-state index in [1.54, 1.807) is 18.0 Å². The highest BCUT2D eigenvalue weighted by Gasteiger charge is 2.44. The van der Waals surface area contributed by atoms with Crippen LogP contribution in [0.2, 0.25) is 0 Å². The summed E-state index contributed by atoms with van der Waals surface area (Å²) >= 11 is 0. The molecule has 2 fully saturated rings. The van der Waals surface area contributed by atoms with Crippen molar-refractivity contribution < 1.29 is 14.7 Å². The minimum Gasteiger partial charge on any atom is -0.478 e. The van der Waals surface area contributed by atoms with E-state index < -0.39 is 5.97 Å². The summed E-state index contributed by atoms with van der Waals surface area (Å²) in [6, 6.07) is 4.50. The van der Waals surface area contributed by atoms with Gasteiger partial charge in [0.05, 0.1) is 16.9 Å². The maximum atomic E-state index is 12.7. The van der Waals surface area contributed by atoms with Crippen LogP contribution < -0.4 is 10.6 Å². The number of aromatic carboxylic acids is 1. The molecule has 2 aliphatic carbocycles. The van der Waals surface area contributed by atoms with E-state index in [0.29, 0.717) is 23.2 Å². The second-order valence-electron chi connectivity index (χ2n) is 6.26. The van der Waals surface area contributed by atoms with E-state index in [1.807, 2.05) is 0 Å². The maximum Gasteiger partial charge on any atom is 0.335 e. The first kappa shape index (κ1) is 13.9. The molecule has 0 heterocycles. The molecule has 3 N–H and O–H groups in total. The summed E-state index contributed by atoms with van der Waals surface area (Å²) in [5.74, 6) is 0.424. The molecule has 1 aromatic rings. The Kier molecular flexibility index (Phi) is 3.35. The van der Waals surface area contributed by atoms with Crippen molar-refractivity contribution in [1.82, 2.24) is 0 Å². The van der Waals surface area contributed by atoms with Crippen molar-refractivity contribution in [3.05, 3.63) is 23.8 Å².